The van der Waals surface area contributed by atoms with Crippen LogP contribution in [0.15, 0.2) is 48.6 Å². The second kappa shape index (κ2) is 5.02. The number of hydrogen-bond acceptors (Lipinski definition) is 0. The van der Waals surface area contributed by atoms with Crippen molar-refractivity contribution in [3.8, 4) is 0 Å². The van der Waals surface area contributed by atoms with Gasteiger partial charge in [0, 0.05) is 10.8 Å². The zero-order chi connectivity index (χ0) is 17.4. The first-order valence-electron chi connectivity index (χ1n) is 10.6. The summed E-state index contributed by atoms with van der Waals surface area (Å²) in [5, 5.41) is 0. The van der Waals surface area contributed by atoms with E-state index < -0.39 is 0 Å². The topological polar surface area (TPSA) is 0 Å². The van der Waals surface area contributed by atoms with Crippen molar-refractivity contribution in [3.63, 3.8) is 0 Å². The molecule has 3 fully saturated rings. The molecule has 0 aliphatic heterocycles. The second-order valence-electron chi connectivity index (χ2n) is 10.5. The molecule has 5 aliphatic rings. The summed E-state index contributed by atoms with van der Waals surface area (Å²) in [6.45, 7) is 10.4. The molecule has 0 heterocycles. The number of rotatable bonds is 0. The highest BCUT2D eigenvalue weighted by Gasteiger charge is 2.70. The normalized spacial score (nSPS) is 58.4. The van der Waals surface area contributed by atoms with Crippen LogP contribution in [0.3, 0.4) is 0 Å². The maximum absolute atomic E-state index is 2.67. The second-order valence-corrected chi connectivity index (χ2v) is 10.5. The number of allylic oxidation sites excluding steroid dienone is 8. The van der Waals surface area contributed by atoms with E-state index in [2.05, 4.69) is 76.3 Å². The van der Waals surface area contributed by atoms with Crippen molar-refractivity contribution in [2.24, 2.45) is 51.8 Å². The average molecular weight is 335 g/mol. The molecule has 0 amide bonds. The molecule has 25 heavy (non-hydrogen) atoms. The van der Waals surface area contributed by atoms with Crippen LogP contribution in [0.2, 0.25) is 0 Å². The van der Waals surface area contributed by atoms with E-state index in [9.17, 15) is 0 Å². The van der Waals surface area contributed by atoms with Crippen molar-refractivity contribution in [1.29, 1.82) is 0 Å². The molecule has 0 spiro atoms. The number of hydrogen-bond donors (Lipinski definition) is 0. The largest absolute Gasteiger partial charge is 0.0805 e. The molecule has 0 nitrogen and oxygen atoms in total. The van der Waals surface area contributed by atoms with Gasteiger partial charge in [-0.15, -0.1) is 0 Å². The van der Waals surface area contributed by atoms with Crippen LogP contribution in [-0.4, -0.2) is 0 Å². The van der Waals surface area contributed by atoms with E-state index >= 15 is 0 Å². The highest BCUT2D eigenvalue weighted by Crippen LogP contribution is 2.76. The van der Waals surface area contributed by atoms with Gasteiger partial charge >= 0.3 is 0 Å². The van der Waals surface area contributed by atoms with Gasteiger partial charge in [-0.3, -0.25) is 0 Å². The summed E-state index contributed by atoms with van der Waals surface area (Å²) in [5.41, 5.74) is 0.899. The fourth-order valence-electron chi connectivity index (χ4n) is 8.47. The van der Waals surface area contributed by atoms with Crippen LogP contribution in [0.5, 0.6) is 0 Å². The van der Waals surface area contributed by atoms with Crippen LogP contribution in [0.25, 0.3) is 0 Å². The predicted molar refractivity (Wildman–Crippen MR) is 106 cm³/mol. The maximum atomic E-state index is 2.67. The van der Waals surface area contributed by atoms with Crippen LogP contribution in [-0.2, 0) is 0 Å². The standard InChI is InChI=1S/C25H34/c1-17-10-9-11-18-16-24(3)22(21(17)18)19-12-5-6-13-20(19)23(2)14-7-8-15-25(23,24)4/h5-8,12-15,17-22H,9-11,16H2,1-4H3. The third-order valence-electron chi connectivity index (χ3n) is 9.85. The van der Waals surface area contributed by atoms with Crippen LogP contribution >= 0.6 is 0 Å². The van der Waals surface area contributed by atoms with Gasteiger partial charge < -0.3 is 0 Å². The summed E-state index contributed by atoms with van der Waals surface area (Å²) in [4.78, 5) is 0. The third-order valence-corrected chi connectivity index (χ3v) is 9.85. The van der Waals surface area contributed by atoms with Gasteiger partial charge in [-0.05, 0) is 47.3 Å². The van der Waals surface area contributed by atoms with E-state index in [1.807, 2.05) is 0 Å². The molecule has 0 heteroatoms. The molecule has 0 radical (unpaired) electrons. The first-order valence-corrected chi connectivity index (χ1v) is 10.6. The molecule has 0 saturated heterocycles. The Morgan fingerprint density at radius 2 is 1.64 bits per heavy atom. The maximum Gasteiger partial charge on any atom is 0.00188 e. The molecule has 0 aromatic rings. The fourth-order valence-corrected chi connectivity index (χ4v) is 8.47. The highest BCUT2D eigenvalue weighted by molar-refractivity contribution is 5.37. The monoisotopic (exact) mass is 334 g/mol. The van der Waals surface area contributed by atoms with Gasteiger partial charge in [0.2, 0.25) is 0 Å². The summed E-state index contributed by atoms with van der Waals surface area (Å²) in [6.07, 6.45) is 25.5. The SMILES string of the molecule is CC1CCCC2CC3(C)C(C4C=CC=CC4C4(C)C=CC=CC43C)C12. The molecular weight excluding hydrogens is 300 g/mol. The first kappa shape index (κ1) is 16.2. The lowest BCUT2D eigenvalue weighted by atomic mass is 9.37. The van der Waals surface area contributed by atoms with Gasteiger partial charge in [-0.25, -0.2) is 0 Å². The molecule has 5 rings (SSSR count). The van der Waals surface area contributed by atoms with Gasteiger partial charge in [-0.1, -0.05) is 95.6 Å². The van der Waals surface area contributed by atoms with E-state index in [4.69, 9.17) is 0 Å². The van der Waals surface area contributed by atoms with E-state index in [1.54, 1.807) is 0 Å². The predicted octanol–water partition coefficient (Wildman–Crippen LogP) is 6.58. The lowest BCUT2D eigenvalue weighted by Gasteiger charge is -2.66. The molecule has 134 valence electrons. The summed E-state index contributed by atoms with van der Waals surface area (Å²) in [6, 6.07) is 0. The lowest BCUT2D eigenvalue weighted by molar-refractivity contribution is -0.126. The fraction of sp³-hybridized carbons (Fsp3) is 0.680. The summed E-state index contributed by atoms with van der Waals surface area (Å²) < 4.78 is 0. The van der Waals surface area contributed by atoms with Gasteiger partial charge in [0.1, 0.15) is 0 Å². The molecule has 9 unspecified atom stereocenters. The average Bonchev–Trinajstić information content (AvgIpc) is 2.92. The Morgan fingerprint density at radius 1 is 0.880 bits per heavy atom. The van der Waals surface area contributed by atoms with Gasteiger partial charge in [-0.2, -0.15) is 0 Å². The third kappa shape index (κ3) is 1.75. The molecule has 9 atom stereocenters. The highest BCUT2D eigenvalue weighted by atomic mass is 14.7. The molecule has 0 aromatic heterocycles. The van der Waals surface area contributed by atoms with Crippen LogP contribution < -0.4 is 0 Å². The Bertz CT molecular complexity index is 693. The van der Waals surface area contributed by atoms with E-state index in [-0.39, 0.29) is 10.8 Å². The van der Waals surface area contributed by atoms with Crippen molar-refractivity contribution in [1.82, 2.24) is 0 Å². The van der Waals surface area contributed by atoms with Crippen molar-refractivity contribution in [2.75, 3.05) is 0 Å². The molecular formula is C25H34. The van der Waals surface area contributed by atoms with Gasteiger partial charge in [0.15, 0.2) is 0 Å². The Kier molecular flexibility index (Phi) is 3.24. The molecule has 0 bridgehead atoms. The van der Waals surface area contributed by atoms with E-state index in [1.165, 1.54) is 25.7 Å². The molecule has 0 N–H and O–H groups in total. The summed E-state index contributed by atoms with van der Waals surface area (Å²) in [5.74, 6) is 5.00. The van der Waals surface area contributed by atoms with Crippen molar-refractivity contribution in [2.45, 2.75) is 53.4 Å². The van der Waals surface area contributed by atoms with E-state index in [0.717, 1.165) is 29.6 Å². The molecule has 5 aliphatic carbocycles. The Labute approximate surface area is 154 Å². The van der Waals surface area contributed by atoms with Gasteiger partial charge in [0.05, 0.1) is 0 Å². The smallest absolute Gasteiger partial charge is 0.00188 e. The molecule has 3 saturated carbocycles. The van der Waals surface area contributed by atoms with Crippen molar-refractivity contribution >= 4 is 0 Å². The van der Waals surface area contributed by atoms with Crippen molar-refractivity contribution in [3.05, 3.63) is 48.6 Å². The minimum absolute atomic E-state index is 0.232. The minimum Gasteiger partial charge on any atom is -0.0805 e. The number of fused-ring (bicyclic) bond motifs is 8. The molecule has 0 aromatic carbocycles. The Morgan fingerprint density at radius 3 is 2.48 bits per heavy atom. The van der Waals surface area contributed by atoms with Gasteiger partial charge in [0.25, 0.3) is 0 Å². The van der Waals surface area contributed by atoms with Crippen LogP contribution in [0.4, 0.5) is 0 Å². The summed E-state index contributed by atoms with van der Waals surface area (Å²) in [7, 11) is 0. The summed E-state index contributed by atoms with van der Waals surface area (Å²) >= 11 is 0. The quantitative estimate of drug-likeness (QED) is 0.469. The van der Waals surface area contributed by atoms with Crippen LogP contribution in [0, 0.1) is 51.8 Å². The first-order chi connectivity index (χ1) is 11.9. The Hall–Kier alpha value is -1.04. The Balaban J connectivity index is 1.73. The lowest BCUT2D eigenvalue weighted by Crippen LogP contribution is -2.61. The zero-order valence-corrected chi connectivity index (χ0v) is 16.4. The van der Waals surface area contributed by atoms with E-state index in [0.29, 0.717) is 11.3 Å². The minimum atomic E-state index is 0.232. The van der Waals surface area contributed by atoms with Crippen LogP contribution in [0.1, 0.15) is 53.4 Å². The zero-order valence-electron chi connectivity index (χ0n) is 16.4. The van der Waals surface area contributed by atoms with Crippen molar-refractivity contribution < 1.29 is 0 Å².